The van der Waals surface area contributed by atoms with Crippen molar-refractivity contribution in [2.45, 2.75) is 58.5 Å². The molecule has 0 N–H and O–H groups in total. The van der Waals surface area contributed by atoms with Crippen molar-refractivity contribution in [3.05, 3.63) is 10.1 Å². The van der Waals surface area contributed by atoms with Crippen molar-refractivity contribution in [3.8, 4) is 0 Å². The third kappa shape index (κ3) is 2.44. The predicted molar refractivity (Wildman–Crippen MR) is 77.2 cm³/mol. The number of hydrogen-bond donors (Lipinski definition) is 0. The number of carbonyl (C=O) groups is 1. The van der Waals surface area contributed by atoms with Gasteiger partial charge in [0.25, 0.3) is 0 Å². The molecule has 0 aliphatic heterocycles. The fraction of sp³-hybridized carbons (Fsp3) is 0.938. The molecule has 0 saturated heterocycles. The van der Waals surface area contributed by atoms with Gasteiger partial charge < -0.3 is 4.74 Å². The molecule has 0 aromatic rings. The van der Waals surface area contributed by atoms with Crippen LogP contribution in [0.15, 0.2) is 0 Å². The summed E-state index contributed by atoms with van der Waals surface area (Å²) < 4.78 is 5.44. The summed E-state index contributed by atoms with van der Waals surface area (Å²) in [5, 5.41) is 11.2. The van der Waals surface area contributed by atoms with Crippen molar-refractivity contribution in [1.82, 2.24) is 0 Å². The monoisotopic (exact) mass is 295 g/mol. The molecule has 3 aliphatic rings. The van der Waals surface area contributed by atoms with Gasteiger partial charge in [-0.2, -0.15) is 0 Å². The lowest BCUT2D eigenvalue weighted by molar-refractivity contribution is -0.512. The summed E-state index contributed by atoms with van der Waals surface area (Å²) in [7, 11) is 0. The van der Waals surface area contributed by atoms with Gasteiger partial charge in [0, 0.05) is 4.92 Å². The molecule has 0 amide bonds. The van der Waals surface area contributed by atoms with Crippen LogP contribution in [-0.2, 0) is 9.53 Å². The lowest BCUT2D eigenvalue weighted by Crippen LogP contribution is -2.59. The summed E-state index contributed by atoms with van der Waals surface area (Å²) in [5.74, 6) is 1.83. The maximum Gasteiger partial charge on any atom is 0.307 e. The Labute approximate surface area is 125 Å². The molecule has 0 aromatic heterocycles. The third-order valence-corrected chi connectivity index (χ3v) is 5.91. The second-order valence-corrected chi connectivity index (χ2v) is 8.28. The Hall–Kier alpha value is -1.13. The van der Waals surface area contributed by atoms with Gasteiger partial charge >= 0.3 is 5.97 Å². The summed E-state index contributed by atoms with van der Waals surface area (Å²) >= 11 is 0. The molecule has 5 atom stereocenters. The van der Waals surface area contributed by atoms with Crippen molar-refractivity contribution in [2.75, 3.05) is 6.54 Å². The molecule has 0 heterocycles. The van der Waals surface area contributed by atoms with Crippen molar-refractivity contribution < 1.29 is 14.5 Å². The number of carbonyl (C=O) groups excluding carboxylic acids is 1. The highest BCUT2D eigenvalue weighted by Gasteiger charge is 2.69. The van der Waals surface area contributed by atoms with Crippen LogP contribution in [0.1, 0.15) is 52.9 Å². The molecule has 21 heavy (non-hydrogen) atoms. The van der Waals surface area contributed by atoms with E-state index in [0.29, 0.717) is 17.8 Å². The van der Waals surface area contributed by atoms with E-state index in [1.807, 2.05) is 20.8 Å². The number of fused-ring (bicyclic) bond motifs is 1. The van der Waals surface area contributed by atoms with Gasteiger partial charge in [0.1, 0.15) is 5.60 Å². The zero-order valence-electron chi connectivity index (χ0n) is 13.1. The average Bonchev–Trinajstić information content (AvgIpc) is 2.50. The first kappa shape index (κ1) is 14.8. The Morgan fingerprint density at radius 3 is 2.62 bits per heavy atom. The normalized spacial score (nSPS) is 40.5. The van der Waals surface area contributed by atoms with Crippen LogP contribution in [-0.4, -0.2) is 23.0 Å². The fourth-order valence-electron chi connectivity index (χ4n) is 5.46. The van der Waals surface area contributed by atoms with Crippen molar-refractivity contribution in [3.63, 3.8) is 0 Å². The van der Waals surface area contributed by atoms with Crippen molar-refractivity contribution >= 4 is 5.97 Å². The quantitative estimate of drug-likeness (QED) is 0.454. The zero-order chi connectivity index (χ0) is 15.4. The molecule has 5 nitrogen and oxygen atoms in total. The van der Waals surface area contributed by atoms with E-state index < -0.39 is 11.0 Å². The fourth-order valence-corrected chi connectivity index (χ4v) is 5.46. The molecule has 0 radical (unpaired) electrons. The molecule has 3 aliphatic carbocycles. The summed E-state index contributed by atoms with van der Waals surface area (Å²) in [6.45, 7) is 5.46. The van der Waals surface area contributed by atoms with Gasteiger partial charge in [0.15, 0.2) is 0 Å². The van der Waals surface area contributed by atoms with Gasteiger partial charge in [0.05, 0.1) is 11.8 Å². The first-order valence-corrected chi connectivity index (χ1v) is 8.05. The van der Waals surface area contributed by atoms with Crippen LogP contribution in [0.4, 0.5) is 0 Å². The standard InChI is InChI=1S/C16H25NO4/c1-15(2,3)21-14(18)8-16(9-17(19)20)12-5-4-10-6-11(12)13(16)7-10/h10-13H,4-9H2,1-3H3/t10-,11-,12+,13-,16+/m0/s1. The highest BCUT2D eigenvalue weighted by atomic mass is 16.6. The van der Waals surface area contributed by atoms with Crippen LogP contribution in [0.3, 0.4) is 0 Å². The first-order valence-electron chi connectivity index (χ1n) is 8.05. The topological polar surface area (TPSA) is 69.4 Å². The Kier molecular flexibility index (Phi) is 3.30. The number of hydrogen-bond acceptors (Lipinski definition) is 4. The van der Waals surface area contributed by atoms with Gasteiger partial charge in [-0.15, -0.1) is 0 Å². The molecule has 0 unspecified atom stereocenters. The number of esters is 1. The van der Waals surface area contributed by atoms with E-state index in [1.54, 1.807) is 0 Å². The lowest BCUT2D eigenvalue weighted by Gasteiger charge is -2.57. The van der Waals surface area contributed by atoms with E-state index in [1.165, 1.54) is 12.8 Å². The van der Waals surface area contributed by atoms with Crippen LogP contribution in [0, 0.1) is 39.2 Å². The van der Waals surface area contributed by atoms with E-state index in [9.17, 15) is 14.9 Å². The summed E-state index contributed by atoms with van der Waals surface area (Å²) in [6.07, 6.45) is 4.78. The third-order valence-electron chi connectivity index (χ3n) is 5.91. The van der Waals surface area contributed by atoms with Gasteiger partial charge in [-0.3, -0.25) is 14.9 Å². The summed E-state index contributed by atoms with van der Waals surface area (Å²) in [6, 6.07) is 0. The largest absolute Gasteiger partial charge is 0.460 e. The highest BCUT2D eigenvalue weighted by molar-refractivity contribution is 5.71. The van der Waals surface area contributed by atoms with E-state index in [2.05, 4.69) is 0 Å². The van der Waals surface area contributed by atoms with E-state index in [4.69, 9.17) is 4.74 Å². The highest BCUT2D eigenvalue weighted by Crippen LogP contribution is 2.70. The molecule has 0 spiro atoms. The van der Waals surface area contributed by atoms with Crippen molar-refractivity contribution in [1.29, 1.82) is 0 Å². The zero-order valence-corrected chi connectivity index (χ0v) is 13.1. The Balaban J connectivity index is 1.79. The molecule has 3 saturated carbocycles. The van der Waals surface area contributed by atoms with Crippen molar-refractivity contribution in [2.24, 2.45) is 29.1 Å². The molecule has 3 fully saturated rings. The van der Waals surface area contributed by atoms with Crippen LogP contribution in [0.5, 0.6) is 0 Å². The number of nitro groups is 1. The smallest absolute Gasteiger partial charge is 0.307 e. The molecule has 0 aromatic carbocycles. The van der Waals surface area contributed by atoms with E-state index in [0.717, 1.165) is 18.8 Å². The molecule has 2 bridgehead atoms. The minimum absolute atomic E-state index is 0.0647. The second-order valence-electron chi connectivity index (χ2n) is 8.28. The van der Waals surface area contributed by atoms with Gasteiger partial charge in [-0.05, 0) is 63.7 Å². The van der Waals surface area contributed by atoms with Gasteiger partial charge in [-0.1, -0.05) is 6.42 Å². The number of ether oxygens (including phenoxy) is 1. The van der Waals surface area contributed by atoms with Crippen LogP contribution in [0.2, 0.25) is 0 Å². The Morgan fingerprint density at radius 2 is 2.00 bits per heavy atom. The molecule has 5 heteroatoms. The van der Waals surface area contributed by atoms with E-state index in [-0.39, 0.29) is 23.9 Å². The number of rotatable bonds is 4. The first-order chi connectivity index (χ1) is 9.71. The van der Waals surface area contributed by atoms with Gasteiger partial charge in [0.2, 0.25) is 6.54 Å². The van der Waals surface area contributed by atoms with Gasteiger partial charge in [-0.25, -0.2) is 0 Å². The Bertz CT molecular complexity index is 461. The average molecular weight is 295 g/mol. The number of nitrogens with zero attached hydrogens (tertiary/aromatic N) is 1. The second kappa shape index (κ2) is 4.68. The maximum absolute atomic E-state index is 12.3. The summed E-state index contributed by atoms with van der Waals surface area (Å²) in [5.41, 5.74) is -0.953. The minimum atomic E-state index is -0.524. The van der Waals surface area contributed by atoms with E-state index >= 15 is 0 Å². The van der Waals surface area contributed by atoms with Crippen LogP contribution >= 0.6 is 0 Å². The summed E-state index contributed by atoms with van der Waals surface area (Å²) in [4.78, 5) is 23.2. The van der Waals surface area contributed by atoms with Crippen LogP contribution < -0.4 is 0 Å². The lowest BCUT2D eigenvalue weighted by atomic mass is 9.45. The van der Waals surface area contributed by atoms with Crippen LogP contribution in [0.25, 0.3) is 0 Å². The minimum Gasteiger partial charge on any atom is -0.460 e. The SMILES string of the molecule is CC(C)(C)OC(=O)C[C@@]1(C[N+](=O)[O-])[C@@H]2CC[C@H]3C[C@@H]2[C@@H]1C3. The molecular weight excluding hydrogens is 270 g/mol. The molecule has 3 rings (SSSR count). The molecule has 118 valence electrons. The Morgan fingerprint density at radius 1 is 1.29 bits per heavy atom. The maximum atomic E-state index is 12.3. The predicted octanol–water partition coefficient (Wildman–Crippen LogP) is 3.05. The molecular formula is C16H25NO4.